The smallest absolute Gasteiger partial charge is 0.462 e. The summed E-state index contributed by atoms with van der Waals surface area (Å²) < 4.78 is 32.6. The van der Waals surface area contributed by atoms with Crippen LogP contribution in [0.15, 0.2) is 60.8 Å². The van der Waals surface area contributed by atoms with E-state index < -0.39 is 51.8 Å². The molecule has 306 valence electrons. The minimum absolute atomic E-state index is 0.105. The van der Waals surface area contributed by atoms with Gasteiger partial charge in [-0.3, -0.25) is 18.6 Å². The van der Waals surface area contributed by atoms with Crippen LogP contribution in [-0.4, -0.2) is 65.7 Å². The zero-order chi connectivity index (χ0) is 39.1. The Balaban J connectivity index is 4.45. The van der Waals surface area contributed by atoms with Crippen molar-refractivity contribution >= 4 is 19.8 Å². The van der Waals surface area contributed by atoms with E-state index in [9.17, 15) is 24.2 Å². The van der Waals surface area contributed by atoms with Crippen molar-refractivity contribution < 1.29 is 47.8 Å². The maximum absolute atomic E-state index is 12.6. The third-order valence-electron chi connectivity index (χ3n) is 8.19. The zero-order valence-electron chi connectivity index (χ0n) is 33.0. The molecule has 10 nitrogen and oxygen atoms in total. The van der Waals surface area contributed by atoms with Crippen molar-refractivity contribution in [3.63, 3.8) is 0 Å². The Morgan fingerprint density at radius 2 is 1.04 bits per heavy atom. The summed E-state index contributed by atoms with van der Waals surface area (Å²) in [6.45, 7) is 2.18. The van der Waals surface area contributed by atoms with Gasteiger partial charge >= 0.3 is 19.8 Å². The Morgan fingerprint density at radius 1 is 0.585 bits per heavy atom. The molecule has 3 N–H and O–H groups in total. The van der Waals surface area contributed by atoms with Crippen LogP contribution in [0.1, 0.15) is 155 Å². The Hall–Kier alpha value is -2.33. The highest BCUT2D eigenvalue weighted by atomic mass is 31.2. The molecule has 0 fully saturated rings. The number of aliphatic hydroxyl groups excluding tert-OH is 2. The van der Waals surface area contributed by atoms with E-state index in [1.165, 1.54) is 57.8 Å². The van der Waals surface area contributed by atoms with Crippen molar-refractivity contribution in [1.29, 1.82) is 0 Å². The number of phosphoric acid groups is 1. The quantitative estimate of drug-likeness (QED) is 0.0241. The van der Waals surface area contributed by atoms with Gasteiger partial charge in [0, 0.05) is 12.8 Å². The van der Waals surface area contributed by atoms with Crippen molar-refractivity contribution in [1.82, 2.24) is 0 Å². The van der Waals surface area contributed by atoms with E-state index in [-0.39, 0.29) is 19.4 Å². The fraction of sp³-hybridized carbons (Fsp3) is 0.714. The van der Waals surface area contributed by atoms with Crippen LogP contribution < -0.4 is 0 Å². The van der Waals surface area contributed by atoms with Crippen molar-refractivity contribution in [2.45, 2.75) is 167 Å². The van der Waals surface area contributed by atoms with Crippen molar-refractivity contribution in [2.24, 2.45) is 0 Å². The lowest BCUT2D eigenvalue weighted by atomic mass is 10.0. The van der Waals surface area contributed by atoms with Gasteiger partial charge in [-0.25, -0.2) is 4.57 Å². The van der Waals surface area contributed by atoms with E-state index in [4.69, 9.17) is 19.1 Å². The number of ether oxygens (including phenoxy) is 2. The summed E-state index contributed by atoms with van der Waals surface area (Å²) in [7, 11) is -4.63. The third kappa shape index (κ3) is 37.8. The fourth-order valence-corrected chi connectivity index (χ4v) is 5.88. The first-order chi connectivity index (χ1) is 25.7. The van der Waals surface area contributed by atoms with Crippen molar-refractivity contribution in [2.75, 3.05) is 26.4 Å². The van der Waals surface area contributed by atoms with Gasteiger partial charge in [-0.1, -0.05) is 152 Å². The van der Waals surface area contributed by atoms with E-state index in [2.05, 4.69) is 67.0 Å². The van der Waals surface area contributed by atoms with Gasteiger partial charge in [0.1, 0.15) is 12.7 Å². The minimum Gasteiger partial charge on any atom is -0.462 e. The van der Waals surface area contributed by atoms with Crippen LogP contribution in [0.4, 0.5) is 0 Å². The van der Waals surface area contributed by atoms with Gasteiger partial charge in [-0.15, -0.1) is 0 Å². The molecule has 0 aliphatic heterocycles. The molecule has 0 aromatic heterocycles. The Bertz CT molecular complexity index is 1070. The van der Waals surface area contributed by atoms with Crippen LogP contribution >= 0.6 is 7.82 Å². The molecular weight excluding hydrogens is 695 g/mol. The van der Waals surface area contributed by atoms with Gasteiger partial charge < -0.3 is 24.6 Å². The number of carbonyl (C=O) groups is 2. The van der Waals surface area contributed by atoms with Gasteiger partial charge in [0.05, 0.1) is 19.8 Å². The number of rotatable bonds is 37. The first-order valence-electron chi connectivity index (χ1n) is 20.2. The third-order valence-corrected chi connectivity index (χ3v) is 9.14. The van der Waals surface area contributed by atoms with E-state index in [0.29, 0.717) is 19.3 Å². The minimum atomic E-state index is -4.63. The lowest BCUT2D eigenvalue weighted by molar-refractivity contribution is -0.161. The zero-order valence-corrected chi connectivity index (χ0v) is 33.9. The molecule has 0 radical (unpaired) electrons. The van der Waals surface area contributed by atoms with E-state index in [1.54, 1.807) is 0 Å². The second-order valence-corrected chi connectivity index (χ2v) is 14.7. The summed E-state index contributed by atoms with van der Waals surface area (Å²) in [4.78, 5) is 34.9. The van der Waals surface area contributed by atoms with Crippen LogP contribution in [0, 0.1) is 0 Å². The first-order valence-corrected chi connectivity index (χ1v) is 21.7. The number of aliphatic hydroxyl groups is 2. The van der Waals surface area contributed by atoms with E-state index in [0.717, 1.165) is 51.4 Å². The van der Waals surface area contributed by atoms with Gasteiger partial charge in [-0.2, -0.15) is 0 Å². The molecule has 0 spiro atoms. The highest BCUT2D eigenvalue weighted by Gasteiger charge is 2.27. The van der Waals surface area contributed by atoms with Crippen LogP contribution in [0.25, 0.3) is 0 Å². The number of hydrogen-bond donors (Lipinski definition) is 3. The molecule has 1 unspecified atom stereocenters. The number of esters is 2. The lowest BCUT2D eigenvalue weighted by Gasteiger charge is -2.20. The van der Waals surface area contributed by atoms with Gasteiger partial charge in [-0.05, 0) is 51.4 Å². The van der Waals surface area contributed by atoms with Gasteiger partial charge in [0.25, 0.3) is 0 Å². The van der Waals surface area contributed by atoms with Crippen molar-refractivity contribution in [3.8, 4) is 0 Å². The Kier molecular flexibility index (Phi) is 36.3. The molecule has 0 aliphatic rings. The normalized spacial score (nSPS) is 14.6. The van der Waals surface area contributed by atoms with Gasteiger partial charge in [0.15, 0.2) is 6.10 Å². The molecule has 0 amide bonds. The summed E-state index contributed by atoms with van der Waals surface area (Å²) in [5.74, 6) is -0.995. The maximum Gasteiger partial charge on any atom is 0.472 e. The molecule has 0 saturated heterocycles. The van der Waals surface area contributed by atoms with E-state index in [1.807, 2.05) is 12.2 Å². The second kappa shape index (κ2) is 38.0. The fourth-order valence-electron chi connectivity index (χ4n) is 5.09. The SMILES string of the molecule is CC/C=C\C/C=C\C/C=C\C/C=C\C/C=C\CCCC(=O)O[C@H](COC(=O)CCCCCCCCCCCCCCC)COP(=O)(O)OC[C@@H](O)CO. The number of allylic oxidation sites excluding steroid dienone is 10. The molecule has 0 saturated carbocycles. The van der Waals surface area contributed by atoms with Crippen molar-refractivity contribution in [3.05, 3.63) is 60.8 Å². The number of hydrogen-bond acceptors (Lipinski definition) is 9. The van der Waals surface area contributed by atoms with Crippen LogP contribution in [0.5, 0.6) is 0 Å². The lowest BCUT2D eigenvalue weighted by Crippen LogP contribution is -2.29. The van der Waals surface area contributed by atoms with E-state index >= 15 is 0 Å². The predicted molar refractivity (Wildman–Crippen MR) is 214 cm³/mol. The average molecular weight is 769 g/mol. The molecule has 0 rings (SSSR count). The average Bonchev–Trinajstić information content (AvgIpc) is 3.14. The monoisotopic (exact) mass is 768 g/mol. The molecular formula is C42H73O10P. The number of carbonyl (C=O) groups excluding carboxylic acids is 2. The van der Waals surface area contributed by atoms with Crippen LogP contribution in [-0.2, 0) is 32.7 Å². The van der Waals surface area contributed by atoms with Crippen LogP contribution in [0.2, 0.25) is 0 Å². The number of phosphoric ester groups is 1. The molecule has 3 atom stereocenters. The molecule has 0 aromatic carbocycles. The summed E-state index contributed by atoms with van der Waals surface area (Å²) in [6.07, 6.45) is 40.5. The maximum atomic E-state index is 12.6. The summed E-state index contributed by atoms with van der Waals surface area (Å²) >= 11 is 0. The molecule has 0 bridgehead atoms. The Morgan fingerprint density at radius 3 is 1.55 bits per heavy atom. The predicted octanol–water partition coefficient (Wildman–Crippen LogP) is 10.3. The second-order valence-electron chi connectivity index (χ2n) is 13.3. The van der Waals surface area contributed by atoms with Crippen LogP contribution in [0.3, 0.4) is 0 Å². The topological polar surface area (TPSA) is 149 Å². The molecule has 0 aliphatic carbocycles. The summed E-state index contributed by atoms with van der Waals surface area (Å²) in [5.41, 5.74) is 0. The molecule has 53 heavy (non-hydrogen) atoms. The summed E-state index contributed by atoms with van der Waals surface area (Å²) in [5, 5.41) is 18.3. The Labute approximate surface area is 321 Å². The van der Waals surface area contributed by atoms with Gasteiger partial charge in [0.2, 0.25) is 0 Å². The molecule has 11 heteroatoms. The summed E-state index contributed by atoms with van der Waals surface area (Å²) in [6, 6.07) is 0. The highest BCUT2D eigenvalue weighted by Crippen LogP contribution is 2.43. The highest BCUT2D eigenvalue weighted by molar-refractivity contribution is 7.47. The number of unbranched alkanes of at least 4 members (excludes halogenated alkanes) is 13. The standard InChI is InChI=1S/C42H73O10P/c1-3-5-7-9-11-13-15-17-18-19-20-22-24-26-28-30-32-34-42(46)52-40(38-51-53(47,48)50-36-39(44)35-43)37-49-41(45)33-31-29-27-25-23-21-16-14-12-10-8-6-4-2/h5,7,11,13,17-18,20,22,26,28,39-40,43-44H,3-4,6,8-10,12,14-16,19,21,23-25,27,29-38H2,1-2H3,(H,47,48)/b7-5-,13-11-,18-17-,22-20-,28-26-/t39-,40+/m0/s1. The largest absolute Gasteiger partial charge is 0.472 e. The molecule has 0 aromatic rings. The first kappa shape index (κ1) is 50.7. The molecule has 0 heterocycles.